The van der Waals surface area contributed by atoms with Crippen molar-refractivity contribution in [3.63, 3.8) is 0 Å². The van der Waals surface area contributed by atoms with Gasteiger partial charge in [0.25, 0.3) is 0 Å². The highest BCUT2D eigenvalue weighted by Crippen LogP contribution is 1.90. The number of aliphatic hydroxyl groups excluding tert-OH is 1. The van der Waals surface area contributed by atoms with E-state index in [1.54, 1.807) is 0 Å². The summed E-state index contributed by atoms with van der Waals surface area (Å²) in [6.07, 6.45) is 5.90. The van der Waals surface area contributed by atoms with Gasteiger partial charge in [-0.15, -0.1) is 6.42 Å². The average Bonchev–Trinajstić information content (AvgIpc) is 1.88. The molecule has 0 rings (SSSR count). The summed E-state index contributed by atoms with van der Waals surface area (Å²) in [5.74, 6) is 2.56. The molecule has 2 N–H and O–H groups in total. The van der Waals surface area contributed by atoms with Crippen molar-refractivity contribution in [2.75, 3.05) is 6.61 Å². The Morgan fingerprint density at radius 2 is 2.20 bits per heavy atom. The Balaban J connectivity index is 3.39. The molecule has 0 aromatic rings. The minimum absolute atomic E-state index is 0.0987. The topological polar surface area (TPSA) is 32.3 Å². The van der Waals surface area contributed by atoms with Crippen LogP contribution in [0, 0.1) is 12.3 Å². The van der Waals surface area contributed by atoms with Crippen molar-refractivity contribution in [1.29, 1.82) is 0 Å². The third-order valence-corrected chi connectivity index (χ3v) is 1.35. The molecule has 0 radical (unpaired) electrons. The fourth-order valence-corrected chi connectivity index (χ4v) is 0.752. The Labute approximate surface area is 62.6 Å². The SMILES string of the molecule is C#CC(C)NC(C)CCO. The van der Waals surface area contributed by atoms with Gasteiger partial charge in [0, 0.05) is 12.6 Å². The number of rotatable bonds is 4. The van der Waals surface area contributed by atoms with E-state index in [1.807, 2.05) is 13.8 Å². The summed E-state index contributed by atoms with van der Waals surface area (Å²) >= 11 is 0. The van der Waals surface area contributed by atoms with E-state index in [0.29, 0.717) is 6.04 Å². The summed E-state index contributed by atoms with van der Waals surface area (Å²) in [4.78, 5) is 0. The molecule has 0 aliphatic rings. The second-order valence-corrected chi connectivity index (χ2v) is 2.47. The molecule has 0 saturated heterocycles. The van der Waals surface area contributed by atoms with E-state index < -0.39 is 0 Å². The molecule has 0 spiro atoms. The van der Waals surface area contributed by atoms with Crippen molar-refractivity contribution in [1.82, 2.24) is 5.32 Å². The summed E-state index contributed by atoms with van der Waals surface area (Å²) in [6, 6.07) is 0.401. The Bertz CT molecular complexity index is 117. The smallest absolute Gasteiger partial charge is 0.0660 e. The molecule has 0 bridgehead atoms. The maximum Gasteiger partial charge on any atom is 0.0660 e. The first kappa shape index (κ1) is 9.48. The van der Waals surface area contributed by atoms with E-state index >= 15 is 0 Å². The zero-order chi connectivity index (χ0) is 7.98. The quantitative estimate of drug-likeness (QED) is 0.554. The van der Waals surface area contributed by atoms with Gasteiger partial charge in [0.1, 0.15) is 0 Å². The third-order valence-electron chi connectivity index (χ3n) is 1.35. The molecule has 58 valence electrons. The molecule has 0 aromatic carbocycles. The van der Waals surface area contributed by atoms with E-state index in [2.05, 4.69) is 11.2 Å². The Hall–Kier alpha value is -0.520. The van der Waals surface area contributed by atoms with Crippen LogP contribution in [0.3, 0.4) is 0 Å². The first-order valence-electron chi connectivity index (χ1n) is 3.53. The normalized spacial score (nSPS) is 15.8. The van der Waals surface area contributed by atoms with Crippen LogP contribution < -0.4 is 5.32 Å². The number of hydrogen-bond acceptors (Lipinski definition) is 2. The second kappa shape index (κ2) is 5.28. The zero-order valence-electron chi connectivity index (χ0n) is 6.59. The molecule has 0 aliphatic carbocycles. The van der Waals surface area contributed by atoms with Crippen molar-refractivity contribution in [2.24, 2.45) is 0 Å². The minimum Gasteiger partial charge on any atom is -0.396 e. The molecule has 2 atom stereocenters. The molecule has 0 aliphatic heterocycles. The predicted molar refractivity (Wildman–Crippen MR) is 42.6 cm³/mol. The monoisotopic (exact) mass is 141 g/mol. The van der Waals surface area contributed by atoms with Crippen LogP contribution in [0.15, 0.2) is 0 Å². The number of aliphatic hydroxyl groups is 1. The van der Waals surface area contributed by atoms with Gasteiger partial charge in [0.2, 0.25) is 0 Å². The van der Waals surface area contributed by atoms with Crippen LogP contribution in [0.2, 0.25) is 0 Å². The fraction of sp³-hybridized carbons (Fsp3) is 0.750. The molecular weight excluding hydrogens is 126 g/mol. The van der Waals surface area contributed by atoms with Gasteiger partial charge in [-0.25, -0.2) is 0 Å². The lowest BCUT2D eigenvalue weighted by Gasteiger charge is -2.14. The maximum absolute atomic E-state index is 8.53. The van der Waals surface area contributed by atoms with Crippen molar-refractivity contribution in [3.05, 3.63) is 0 Å². The average molecular weight is 141 g/mol. The first-order chi connectivity index (χ1) is 4.70. The number of nitrogens with one attached hydrogen (secondary N) is 1. The second-order valence-electron chi connectivity index (χ2n) is 2.47. The van der Waals surface area contributed by atoms with Gasteiger partial charge >= 0.3 is 0 Å². The molecule has 0 heterocycles. The molecule has 0 saturated carbocycles. The highest BCUT2D eigenvalue weighted by molar-refractivity contribution is 4.96. The largest absolute Gasteiger partial charge is 0.396 e. The number of terminal acetylenes is 1. The van der Waals surface area contributed by atoms with Gasteiger partial charge in [0.15, 0.2) is 0 Å². The van der Waals surface area contributed by atoms with Crippen molar-refractivity contribution in [2.45, 2.75) is 32.4 Å². The molecule has 0 amide bonds. The lowest BCUT2D eigenvalue weighted by molar-refractivity contribution is 0.267. The van der Waals surface area contributed by atoms with Gasteiger partial charge in [-0.3, -0.25) is 0 Å². The summed E-state index contributed by atoms with van der Waals surface area (Å²) in [5, 5.41) is 11.7. The summed E-state index contributed by atoms with van der Waals surface area (Å²) < 4.78 is 0. The van der Waals surface area contributed by atoms with Gasteiger partial charge < -0.3 is 10.4 Å². The minimum atomic E-state index is 0.0987. The Morgan fingerprint density at radius 1 is 1.60 bits per heavy atom. The van der Waals surface area contributed by atoms with Crippen LogP contribution in [0.5, 0.6) is 0 Å². The highest BCUT2D eigenvalue weighted by atomic mass is 16.3. The van der Waals surface area contributed by atoms with Crippen LogP contribution in [-0.2, 0) is 0 Å². The van der Waals surface area contributed by atoms with E-state index in [-0.39, 0.29) is 12.6 Å². The molecule has 10 heavy (non-hydrogen) atoms. The Morgan fingerprint density at radius 3 is 2.60 bits per heavy atom. The van der Waals surface area contributed by atoms with Crippen LogP contribution >= 0.6 is 0 Å². The van der Waals surface area contributed by atoms with Crippen LogP contribution in [0.4, 0.5) is 0 Å². The van der Waals surface area contributed by atoms with Crippen molar-refractivity contribution < 1.29 is 5.11 Å². The van der Waals surface area contributed by atoms with Gasteiger partial charge in [-0.2, -0.15) is 0 Å². The fourth-order valence-electron chi connectivity index (χ4n) is 0.752. The van der Waals surface area contributed by atoms with E-state index in [1.165, 1.54) is 0 Å². The number of hydrogen-bond donors (Lipinski definition) is 2. The standard InChI is InChI=1S/C8H15NO/c1-4-7(2)9-8(3)5-6-10/h1,7-10H,5-6H2,2-3H3. The lowest BCUT2D eigenvalue weighted by Crippen LogP contribution is -2.33. The molecule has 2 heteroatoms. The van der Waals surface area contributed by atoms with E-state index in [4.69, 9.17) is 11.5 Å². The Kier molecular flexibility index (Phi) is 5.00. The zero-order valence-corrected chi connectivity index (χ0v) is 6.59. The lowest BCUT2D eigenvalue weighted by atomic mass is 10.2. The molecule has 0 fully saturated rings. The van der Waals surface area contributed by atoms with E-state index in [9.17, 15) is 0 Å². The van der Waals surface area contributed by atoms with Gasteiger partial charge in [-0.1, -0.05) is 5.92 Å². The molecule has 2 unspecified atom stereocenters. The summed E-state index contributed by atoms with van der Waals surface area (Å²) in [6.45, 7) is 4.14. The molecule has 2 nitrogen and oxygen atoms in total. The maximum atomic E-state index is 8.53. The van der Waals surface area contributed by atoms with Gasteiger partial charge in [-0.05, 0) is 20.3 Å². The van der Waals surface area contributed by atoms with Crippen molar-refractivity contribution in [3.8, 4) is 12.3 Å². The summed E-state index contributed by atoms with van der Waals surface area (Å²) in [5.41, 5.74) is 0. The highest BCUT2D eigenvalue weighted by Gasteiger charge is 2.02. The van der Waals surface area contributed by atoms with Crippen LogP contribution in [0.1, 0.15) is 20.3 Å². The van der Waals surface area contributed by atoms with E-state index in [0.717, 1.165) is 6.42 Å². The predicted octanol–water partition coefficient (Wildman–Crippen LogP) is 0.369. The van der Waals surface area contributed by atoms with Crippen molar-refractivity contribution >= 4 is 0 Å². The summed E-state index contributed by atoms with van der Waals surface area (Å²) in [7, 11) is 0. The van der Waals surface area contributed by atoms with Crippen LogP contribution in [0.25, 0.3) is 0 Å². The molecular formula is C8H15NO. The van der Waals surface area contributed by atoms with Crippen LogP contribution in [-0.4, -0.2) is 23.8 Å². The first-order valence-corrected chi connectivity index (χ1v) is 3.53. The van der Waals surface area contributed by atoms with Gasteiger partial charge in [0.05, 0.1) is 6.04 Å². The molecule has 0 aromatic heterocycles. The third kappa shape index (κ3) is 4.37.